The van der Waals surface area contributed by atoms with Gasteiger partial charge >= 0.3 is 0 Å². The van der Waals surface area contributed by atoms with E-state index in [1.165, 1.54) is 4.41 Å². The summed E-state index contributed by atoms with van der Waals surface area (Å²) in [5.74, 6) is 0. The van der Waals surface area contributed by atoms with Crippen molar-refractivity contribution in [3.63, 3.8) is 0 Å². The summed E-state index contributed by atoms with van der Waals surface area (Å²) in [7, 11) is -3.82. The molecule has 0 saturated carbocycles. The fourth-order valence-corrected chi connectivity index (χ4v) is 5.18. The molecule has 0 saturated heterocycles. The Morgan fingerprint density at radius 1 is 0.929 bits per heavy atom. The molecular weight excluding hydrogens is 460 g/mol. The predicted molar refractivity (Wildman–Crippen MR) is 115 cm³/mol. The number of hydrazone groups is 1. The van der Waals surface area contributed by atoms with Crippen LogP contribution in [0, 0.1) is 0 Å². The Morgan fingerprint density at radius 2 is 1.57 bits per heavy atom. The van der Waals surface area contributed by atoms with E-state index in [0.717, 1.165) is 15.6 Å². The van der Waals surface area contributed by atoms with Crippen molar-refractivity contribution >= 4 is 43.3 Å². The van der Waals surface area contributed by atoms with Crippen molar-refractivity contribution in [2.75, 3.05) is 0 Å². The van der Waals surface area contributed by atoms with Crippen LogP contribution in [0.3, 0.4) is 0 Å². The van der Waals surface area contributed by atoms with Crippen molar-refractivity contribution in [1.29, 1.82) is 0 Å². The van der Waals surface area contributed by atoms with Gasteiger partial charge in [0, 0.05) is 15.9 Å². The number of rotatable bonds is 4. The molecule has 0 unspecified atom stereocenters. The van der Waals surface area contributed by atoms with Crippen LogP contribution in [0.25, 0.3) is 0 Å². The molecule has 1 aliphatic heterocycles. The summed E-state index contributed by atoms with van der Waals surface area (Å²) < 4.78 is 28.8. The van der Waals surface area contributed by atoms with Gasteiger partial charge in [-0.15, -0.1) is 0 Å². The first-order chi connectivity index (χ1) is 13.5. The van der Waals surface area contributed by atoms with E-state index >= 15 is 0 Å². The standard InChI is InChI=1S/C21H16BrClN2O2S/c22-16-12-10-15(11-13-16)20-14-21(18-8-4-5-9-19(18)23)25(24-20)28(26,27)17-6-2-1-3-7-17/h1-13,21H,14H2/t21-/m0/s1. The lowest BCUT2D eigenvalue weighted by Crippen LogP contribution is -2.27. The number of nitrogens with zero attached hydrogens (tertiary/aromatic N) is 2. The van der Waals surface area contributed by atoms with Gasteiger partial charge in [0.05, 0.1) is 16.6 Å². The number of sulfonamides is 1. The number of benzene rings is 3. The molecule has 0 spiro atoms. The highest BCUT2D eigenvalue weighted by Gasteiger charge is 2.38. The van der Waals surface area contributed by atoms with Gasteiger partial charge in [-0.1, -0.05) is 76.1 Å². The van der Waals surface area contributed by atoms with Crippen molar-refractivity contribution in [3.8, 4) is 0 Å². The summed E-state index contributed by atoms with van der Waals surface area (Å²) in [5.41, 5.74) is 2.32. The second kappa shape index (κ2) is 7.70. The maximum atomic E-state index is 13.3. The van der Waals surface area contributed by atoms with Gasteiger partial charge in [0.25, 0.3) is 10.0 Å². The van der Waals surface area contributed by atoms with Crippen LogP contribution in [0.5, 0.6) is 0 Å². The minimum absolute atomic E-state index is 0.202. The fraction of sp³-hybridized carbons (Fsp3) is 0.0952. The zero-order valence-electron chi connectivity index (χ0n) is 14.7. The lowest BCUT2D eigenvalue weighted by atomic mass is 9.99. The Morgan fingerprint density at radius 3 is 2.25 bits per heavy atom. The normalized spacial score (nSPS) is 16.9. The molecular formula is C21H16BrClN2O2S. The molecule has 7 heteroatoms. The molecule has 4 rings (SSSR count). The summed E-state index contributed by atoms with van der Waals surface area (Å²) >= 11 is 9.82. The third-order valence-corrected chi connectivity index (χ3v) is 7.17. The average molecular weight is 476 g/mol. The SMILES string of the molecule is O=S(=O)(c1ccccc1)N1N=C(c2ccc(Br)cc2)C[C@H]1c1ccccc1Cl. The molecule has 28 heavy (non-hydrogen) atoms. The molecule has 0 aromatic heterocycles. The molecule has 4 nitrogen and oxygen atoms in total. The summed E-state index contributed by atoms with van der Waals surface area (Å²) in [5, 5.41) is 5.04. The summed E-state index contributed by atoms with van der Waals surface area (Å²) in [4.78, 5) is 0.202. The highest BCUT2D eigenvalue weighted by Crippen LogP contribution is 2.39. The van der Waals surface area contributed by atoms with E-state index in [4.69, 9.17) is 11.6 Å². The van der Waals surface area contributed by atoms with Crippen LogP contribution in [0.2, 0.25) is 5.02 Å². The molecule has 0 fully saturated rings. The first kappa shape index (κ1) is 19.2. The molecule has 0 radical (unpaired) electrons. The fourth-order valence-electron chi connectivity index (χ4n) is 3.20. The van der Waals surface area contributed by atoms with Gasteiger partial charge in [0.15, 0.2) is 0 Å². The van der Waals surface area contributed by atoms with Crippen molar-refractivity contribution in [3.05, 3.63) is 99.5 Å². The van der Waals surface area contributed by atoms with E-state index in [1.54, 1.807) is 36.4 Å². The average Bonchev–Trinajstić information content (AvgIpc) is 3.15. The van der Waals surface area contributed by atoms with Gasteiger partial charge in [-0.25, -0.2) is 0 Å². The van der Waals surface area contributed by atoms with E-state index in [2.05, 4.69) is 21.0 Å². The molecule has 1 atom stereocenters. The lowest BCUT2D eigenvalue weighted by molar-refractivity contribution is 0.371. The second-order valence-electron chi connectivity index (χ2n) is 6.39. The Labute approximate surface area is 177 Å². The van der Waals surface area contributed by atoms with Crippen LogP contribution in [0.1, 0.15) is 23.6 Å². The van der Waals surface area contributed by atoms with E-state index in [1.807, 2.05) is 42.5 Å². The van der Waals surface area contributed by atoms with Crippen molar-refractivity contribution in [2.24, 2.45) is 5.10 Å². The molecule has 0 amide bonds. The first-order valence-corrected chi connectivity index (χ1v) is 11.3. The van der Waals surface area contributed by atoms with Gasteiger partial charge in [-0.2, -0.15) is 17.9 Å². The van der Waals surface area contributed by atoms with E-state index < -0.39 is 16.1 Å². The quantitative estimate of drug-likeness (QED) is 0.490. The van der Waals surface area contributed by atoms with Crippen molar-refractivity contribution < 1.29 is 8.42 Å². The monoisotopic (exact) mass is 474 g/mol. The van der Waals surface area contributed by atoms with Gasteiger partial charge in [-0.3, -0.25) is 0 Å². The van der Waals surface area contributed by atoms with Crippen LogP contribution in [0.4, 0.5) is 0 Å². The number of halogens is 2. The number of hydrogen-bond acceptors (Lipinski definition) is 3. The molecule has 0 N–H and O–H groups in total. The van der Waals surface area contributed by atoms with E-state index in [9.17, 15) is 8.42 Å². The topological polar surface area (TPSA) is 49.7 Å². The predicted octanol–water partition coefficient (Wildman–Crippen LogP) is 5.64. The summed E-state index contributed by atoms with van der Waals surface area (Å²) in [6, 6.07) is 22.8. The zero-order chi connectivity index (χ0) is 19.7. The van der Waals surface area contributed by atoms with Gasteiger partial charge < -0.3 is 0 Å². The molecule has 3 aromatic rings. The second-order valence-corrected chi connectivity index (χ2v) is 9.50. The third-order valence-electron chi connectivity index (χ3n) is 4.60. The van der Waals surface area contributed by atoms with Crippen LogP contribution in [-0.2, 0) is 10.0 Å². The largest absolute Gasteiger partial charge is 0.279 e. The Bertz CT molecular complexity index is 1130. The van der Waals surface area contributed by atoms with E-state index in [-0.39, 0.29) is 4.90 Å². The Balaban J connectivity index is 1.82. The maximum absolute atomic E-state index is 13.3. The van der Waals surface area contributed by atoms with Crippen LogP contribution >= 0.6 is 27.5 Å². The van der Waals surface area contributed by atoms with Gasteiger partial charge in [-0.05, 0) is 41.5 Å². The summed E-state index contributed by atoms with van der Waals surface area (Å²) in [6.45, 7) is 0. The Hall–Kier alpha value is -2.15. The number of hydrogen-bond donors (Lipinski definition) is 0. The third kappa shape index (κ3) is 3.60. The van der Waals surface area contributed by atoms with Gasteiger partial charge in [0.1, 0.15) is 0 Å². The molecule has 0 aliphatic carbocycles. The molecule has 1 heterocycles. The lowest BCUT2D eigenvalue weighted by Gasteiger charge is -2.24. The maximum Gasteiger partial charge on any atom is 0.279 e. The molecule has 142 valence electrons. The van der Waals surface area contributed by atoms with Crippen molar-refractivity contribution in [1.82, 2.24) is 4.41 Å². The Kier molecular flexibility index (Phi) is 5.27. The molecule has 0 bridgehead atoms. The van der Waals surface area contributed by atoms with Crippen LogP contribution in [-0.4, -0.2) is 18.5 Å². The first-order valence-electron chi connectivity index (χ1n) is 8.64. The summed E-state index contributed by atoms with van der Waals surface area (Å²) in [6.07, 6.45) is 0.442. The molecule has 3 aromatic carbocycles. The zero-order valence-corrected chi connectivity index (χ0v) is 17.8. The molecule has 1 aliphatic rings. The van der Waals surface area contributed by atoms with Crippen LogP contribution in [0.15, 0.2) is 93.3 Å². The minimum atomic E-state index is -3.82. The van der Waals surface area contributed by atoms with Crippen LogP contribution < -0.4 is 0 Å². The van der Waals surface area contributed by atoms with Gasteiger partial charge in [0.2, 0.25) is 0 Å². The van der Waals surface area contributed by atoms with Crippen molar-refractivity contribution in [2.45, 2.75) is 17.4 Å². The minimum Gasteiger partial charge on any atom is -0.200 e. The smallest absolute Gasteiger partial charge is 0.200 e. The van der Waals surface area contributed by atoms with E-state index in [0.29, 0.717) is 17.2 Å². The highest BCUT2D eigenvalue weighted by molar-refractivity contribution is 9.10. The highest BCUT2D eigenvalue weighted by atomic mass is 79.9.